The maximum atomic E-state index is 11.3. The van der Waals surface area contributed by atoms with Gasteiger partial charge in [0.2, 0.25) is 0 Å². The Hall–Kier alpha value is -1.85. The molecule has 1 unspecified atom stereocenters. The second-order valence-corrected chi connectivity index (χ2v) is 5.74. The second-order valence-electron chi connectivity index (χ2n) is 4.89. The molecule has 4 N–H and O–H groups in total. The molecule has 4 nitrogen and oxygen atoms in total. The lowest BCUT2D eigenvalue weighted by molar-refractivity contribution is 0.866. The normalized spacial score (nSPS) is 12.8. The quantitative estimate of drug-likeness (QED) is 0.675. The molecular weight excluding hydrogens is 318 g/mol. The Kier molecular flexibility index (Phi) is 3.23. The number of rotatable bonds is 2. The summed E-state index contributed by atoms with van der Waals surface area (Å²) in [6.07, 6.45) is 0. The molecule has 1 aromatic heterocycles. The van der Waals surface area contributed by atoms with Crippen LogP contribution in [0.15, 0.2) is 45.7 Å². The van der Waals surface area contributed by atoms with E-state index >= 15 is 0 Å². The van der Waals surface area contributed by atoms with Gasteiger partial charge in [-0.1, -0.05) is 34.1 Å². The molecular formula is C15H14BrN3O. The second kappa shape index (κ2) is 4.92. The summed E-state index contributed by atoms with van der Waals surface area (Å²) in [4.78, 5) is 16.8. The van der Waals surface area contributed by atoms with Crippen molar-refractivity contribution in [2.45, 2.75) is 13.0 Å². The van der Waals surface area contributed by atoms with Gasteiger partial charge >= 0.3 is 5.69 Å². The Labute approximate surface area is 124 Å². The van der Waals surface area contributed by atoms with Crippen LogP contribution in [0, 0.1) is 6.92 Å². The van der Waals surface area contributed by atoms with E-state index in [2.05, 4.69) is 25.9 Å². The van der Waals surface area contributed by atoms with E-state index < -0.39 is 0 Å². The molecule has 0 fully saturated rings. The number of imidazole rings is 1. The Balaban J connectivity index is 2.06. The minimum Gasteiger partial charge on any atom is -0.320 e. The van der Waals surface area contributed by atoms with Crippen LogP contribution in [0.4, 0.5) is 0 Å². The van der Waals surface area contributed by atoms with Crippen LogP contribution >= 0.6 is 15.9 Å². The number of H-pyrrole nitrogens is 2. The summed E-state index contributed by atoms with van der Waals surface area (Å²) in [5.41, 5.74) is 10.8. The first-order valence-electron chi connectivity index (χ1n) is 6.28. The van der Waals surface area contributed by atoms with E-state index in [1.807, 2.05) is 43.3 Å². The van der Waals surface area contributed by atoms with Gasteiger partial charge in [-0.05, 0) is 41.8 Å². The van der Waals surface area contributed by atoms with Gasteiger partial charge < -0.3 is 15.7 Å². The van der Waals surface area contributed by atoms with Crippen LogP contribution in [0.5, 0.6) is 0 Å². The van der Waals surface area contributed by atoms with Crippen molar-refractivity contribution in [1.29, 1.82) is 0 Å². The summed E-state index contributed by atoms with van der Waals surface area (Å²) in [6.45, 7) is 2.04. The first-order chi connectivity index (χ1) is 9.54. The zero-order chi connectivity index (χ0) is 14.3. The van der Waals surface area contributed by atoms with Crippen LogP contribution in [0.1, 0.15) is 22.7 Å². The highest BCUT2D eigenvalue weighted by atomic mass is 79.9. The lowest BCUT2D eigenvalue weighted by Crippen LogP contribution is -2.12. The predicted molar refractivity (Wildman–Crippen MR) is 83.8 cm³/mol. The van der Waals surface area contributed by atoms with E-state index in [9.17, 15) is 4.79 Å². The maximum Gasteiger partial charge on any atom is 0.323 e. The molecule has 0 saturated heterocycles. The highest BCUT2D eigenvalue weighted by Crippen LogP contribution is 2.28. The van der Waals surface area contributed by atoms with Crippen molar-refractivity contribution in [1.82, 2.24) is 9.97 Å². The lowest BCUT2D eigenvalue weighted by Gasteiger charge is -2.15. The summed E-state index contributed by atoms with van der Waals surface area (Å²) in [7, 11) is 0. The van der Waals surface area contributed by atoms with Gasteiger partial charge in [0, 0.05) is 4.47 Å². The molecule has 2 aromatic carbocycles. The number of halogens is 1. The van der Waals surface area contributed by atoms with Crippen molar-refractivity contribution in [3.63, 3.8) is 0 Å². The van der Waals surface area contributed by atoms with Gasteiger partial charge in [-0.15, -0.1) is 0 Å². The van der Waals surface area contributed by atoms with Gasteiger partial charge in [0.1, 0.15) is 0 Å². The van der Waals surface area contributed by atoms with E-state index in [0.717, 1.165) is 26.6 Å². The molecule has 0 amide bonds. The highest BCUT2D eigenvalue weighted by Gasteiger charge is 2.13. The minimum atomic E-state index is -0.243. The third-order valence-electron chi connectivity index (χ3n) is 3.39. The van der Waals surface area contributed by atoms with Crippen LogP contribution in [0.3, 0.4) is 0 Å². The standard InChI is InChI=1S/C15H14BrN3O/c1-8-2-4-10(11(16)6-8)14(17)9-3-5-12-13(7-9)19-15(20)18-12/h2-7,14H,17H2,1H3,(H2,18,19,20). The number of aromatic nitrogens is 2. The van der Waals surface area contributed by atoms with Crippen molar-refractivity contribution < 1.29 is 0 Å². The number of aromatic amines is 2. The molecule has 3 rings (SSSR count). The number of benzene rings is 2. The fourth-order valence-corrected chi connectivity index (χ4v) is 3.05. The molecule has 1 heterocycles. The van der Waals surface area contributed by atoms with Crippen LogP contribution in [0.2, 0.25) is 0 Å². The number of hydrogen-bond donors (Lipinski definition) is 3. The Morgan fingerprint density at radius 1 is 1.10 bits per heavy atom. The molecule has 102 valence electrons. The predicted octanol–water partition coefficient (Wildman–Crippen LogP) is 2.98. The molecule has 20 heavy (non-hydrogen) atoms. The average molecular weight is 332 g/mol. The molecule has 0 aliphatic rings. The van der Waals surface area contributed by atoms with Crippen LogP contribution < -0.4 is 11.4 Å². The third-order valence-corrected chi connectivity index (χ3v) is 4.08. The van der Waals surface area contributed by atoms with Crippen molar-refractivity contribution >= 4 is 27.0 Å². The topological polar surface area (TPSA) is 74.7 Å². The summed E-state index contributed by atoms with van der Waals surface area (Å²) in [5.74, 6) is 0. The summed E-state index contributed by atoms with van der Waals surface area (Å²) in [5, 5.41) is 0. The van der Waals surface area contributed by atoms with Crippen molar-refractivity contribution in [2.75, 3.05) is 0 Å². The van der Waals surface area contributed by atoms with Gasteiger partial charge in [0.15, 0.2) is 0 Å². The molecule has 0 aliphatic heterocycles. The molecule has 1 atom stereocenters. The molecule has 0 spiro atoms. The first-order valence-corrected chi connectivity index (χ1v) is 7.07. The fraction of sp³-hybridized carbons (Fsp3) is 0.133. The average Bonchev–Trinajstić information content (AvgIpc) is 2.77. The Bertz CT molecular complexity index is 834. The van der Waals surface area contributed by atoms with Crippen LogP contribution in [-0.4, -0.2) is 9.97 Å². The van der Waals surface area contributed by atoms with Crippen LogP contribution in [-0.2, 0) is 0 Å². The van der Waals surface area contributed by atoms with Gasteiger partial charge in [-0.2, -0.15) is 0 Å². The van der Waals surface area contributed by atoms with E-state index in [1.54, 1.807) is 0 Å². The monoisotopic (exact) mass is 331 g/mol. The smallest absolute Gasteiger partial charge is 0.320 e. The fourth-order valence-electron chi connectivity index (χ4n) is 2.31. The lowest BCUT2D eigenvalue weighted by atomic mass is 9.98. The number of hydrogen-bond acceptors (Lipinski definition) is 2. The number of fused-ring (bicyclic) bond motifs is 1. The van der Waals surface area contributed by atoms with Gasteiger partial charge in [-0.25, -0.2) is 4.79 Å². The van der Waals surface area contributed by atoms with Crippen LogP contribution in [0.25, 0.3) is 11.0 Å². The summed E-state index contributed by atoms with van der Waals surface area (Å²) >= 11 is 3.55. The zero-order valence-electron chi connectivity index (χ0n) is 10.9. The van der Waals surface area contributed by atoms with E-state index in [0.29, 0.717) is 0 Å². The Morgan fingerprint density at radius 3 is 2.60 bits per heavy atom. The van der Waals surface area contributed by atoms with Gasteiger partial charge in [-0.3, -0.25) is 0 Å². The van der Waals surface area contributed by atoms with Gasteiger partial charge in [0.25, 0.3) is 0 Å². The van der Waals surface area contributed by atoms with Gasteiger partial charge in [0.05, 0.1) is 17.1 Å². The Morgan fingerprint density at radius 2 is 1.85 bits per heavy atom. The molecule has 5 heteroatoms. The molecule has 0 saturated carbocycles. The third kappa shape index (κ3) is 2.30. The maximum absolute atomic E-state index is 11.3. The van der Waals surface area contributed by atoms with Crippen molar-refractivity contribution in [3.05, 3.63) is 68.0 Å². The summed E-state index contributed by atoms with van der Waals surface area (Å²) in [6, 6.07) is 11.6. The SMILES string of the molecule is Cc1ccc(C(N)c2ccc3[nH]c(=O)[nH]c3c2)c(Br)c1. The summed E-state index contributed by atoms with van der Waals surface area (Å²) < 4.78 is 0.993. The number of nitrogens with one attached hydrogen (secondary N) is 2. The largest absolute Gasteiger partial charge is 0.323 e. The molecule has 0 bridgehead atoms. The molecule has 3 aromatic rings. The highest BCUT2D eigenvalue weighted by molar-refractivity contribution is 9.10. The van der Waals surface area contributed by atoms with E-state index in [-0.39, 0.29) is 11.7 Å². The minimum absolute atomic E-state index is 0.206. The van der Waals surface area contributed by atoms with Crippen molar-refractivity contribution in [2.24, 2.45) is 5.73 Å². The van der Waals surface area contributed by atoms with Crippen molar-refractivity contribution in [3.8, 4) is 0 Å². The molecule has 0 aliphatic carbocycles. The van der Waals surface area contributed by atoms with E-state index in [4.69, 9.17) is 5.73 Å². The number of aryl methyl sites for hydroxylation is 1. The molecule has 0 radical (unpaired) electrons. The van der Waals surface area contributed by atoms with E-state index in [1.165, 1.54) is 5.56 Å². The zero-order valence-corrected chi connectivity index (χ0v) is 12.5. The first kappa shape index (κ1) is 13.1. The number of nitrogens with two attached hydrogens (primary N) is 1.